The summed E-state index contributed by atoms with van der Waals surface area (Å²) in [6.45, 7) is 0. The number of rotatable bonds is 3. The maximum Gasteiger partial charge on any atom is 0.255 e. The second-order valence-corrected chi connectivity index (χ2v) is 8.62. The van der Waals surface area contributed by atoms with Crippen LogP contribution in [0.5, 0.6) is 0 Å². The lowest BCUT2D eigenvalue weighted by Gasteiger charge is -2.27. The predicted octanol–water partition coefficient (Wildman–Crippen LogP) is 4.84. The lowest BCUT2D eigenvalue weighted by Crippen LogP contribution is -2.36. The van der Waals surface area contributed by atoms with Crippen molar-refractivity contribution in [1.82, 2.24) is 9.80 Å². The molecule has 1 aromatic rings. The zero-order chi connectivity index (χ0) is 17.6. The van der Waals surface area contributed by atoms with Gasteiger partial charge in [0, 0.05) is 24.2 Å². The van der Waals surface area contributed by atoms with Gasteiger partial charge < -0.3 is 9.80 Å². The van der Waals surface area contributed by atoms with Crippen LogP contribution in [-0.2, 0) is 0 Å². The highest BCUT2D eigenvalue weighted by Gasteiger charge is 2.44. The van der Waals surface area contributed by atoms with Gasteiger partial charge in [0.2, 0.25) is 0 Å². The Bertz CT molecular complexity index is 635. The molecule has 2 fully saturated rings. The van der Waals surface area contributed by atoms with E-state index in [0.717, 1.165) is 24.7 Å². The molecule has 0 radical (unpaired) electrons. The van der Waals surface area contributed by atoms with E-state index in [1.54, 1.807) is 12.1 Å². The zero-order valence-electron chi connectivity index (χ0n) is 14.2. The standard InChI is InChI=1S/C18H23Cl3N2O/c1-22(2)13-4-10-6-14(7-11(10)5-13)23(3)18(24)15-8-12(19)9-16(20)17(15)21/h8-11,13-14H,4-7H2,1-3H3/t10-,11+,13?,14?. The molecule has 2 unspecified atom stereocenters. The first kappa shape index (κ1) is 18.3. The highest BCUT2D eigenvalue weighted by atomic mass is 35.5. The normalized spacial score (nSPS) is 29.1. The third-order valence-electron chi connectivity index (χ3n) is 5.79. The van der Waals surface area contributed by atoms with E-state index in [2.05, 4.69) is 19.0 Å². The number of carbonyl (C=O) groups excluding carboxylic acids is 1. The molecule has 2 aliphatic rings. The van der Waals surface area contributed by atoms with Gasteiger partial charge in [0.15, 0.2) is 0 Å². The average molecular weight is 390 g/mol. The van der Waals surface area contributed by atoms with Gasteiger partial charge >= 0.3 is 0 Å². The fourth-order valence-corrected chi connectivity index (χ4v) is 5.04. The Kier molecular flexibility index (Phi) is 5.36. The summed E-state index contributed by atoms with van der Waals surface area (Å²) in [6, 6.07) is 4.11. The second-order valence-electron chi connectivity index (χ2n) is 7.40. The van der Waals surface area contributed by atoms with E-state index in [0.29, 0.717) is 21.7 Å². The van der Waals surface area contributed by atoms with Gasteiger partial charge in [-0.1, -0.05) is 34.8 Å². The van der Waals surface area contributed by atoms with E-state index in [4.69, 9.17) is 34.8 Å². The molecule has 0 heterocycles. The van der Waals surface area contributed by atoms with Crippen molar-refractivity contribution in [2.24, 2.45) is 11.8 Å². The van der Waals surface area contributed by atoms with Crippen LogP contribution in [0.1, 0.15) is 36.0 Å². The molecule has 0 aliphatic heterocycles. The average Bonchev–Trinajstić information content (AvgIpc) is 3.08. The van der Waals surface area contributed by atoms with Crippen molar-refractivity contribution in [3.63, 3.8) is 0 Å². The SMILES string of the molecule is CN(C)C1C[C@@H]2CC(N(C)C(=O)c3cc(Cl)cc(Cl)c3Cl)C[C@@H]2C1. The van der Waals surface area contributed by atoms with Crippen molar-refractivity contribution in [1.29, 1.82) is 0 Å². The van der Waals surface area contributed by atoms with E-state index >= 15 is 0 Å². The Balaban J connectivity index is 1.71. The third kappa shape index (κ3) is 3.41. The summed E-state index contributed by atoms with van der Waals surface area (Å²) in [5, 5.41) is 1.03. The topological polar surface area (TPSA) is 23.6 Å². The molecule has 4 atom stereocenters. The Morgan fingerprint density at radius 1 is 0.958 bits per heavy atom. The number of fused-ring (bicyclic) bond motifs is 1. The highest BCUT2D eigenvalue weighted by molar-refractivity contribution is 6.45. The third-order valence-corrected chi connectivity index (χ3v) is 6.81. The molecule has 0 bridgehead atoms. The van der Waals surface area contributed by atoms with Crippen LogP contribution < -0.4 is 0 Å². The maximum absolute atomic E-state index is 12.9. The molecule has 6 heteroatoms. The number of carbonyl (C=O) groups is 1. The molecule has 3 rings (SSSR count). The van der Waals surface area contributed by atoms with Gasteiger partial charge in [-0.3, -0.25) is 4.79 Å². The van der Waals surface area contributed by atoms with Crippen molar-refractivity contribution in [3.8, 4) is 0 Å². The molecule has 2 aliphatic carbocycles. The smallest absolute Gasteiger partial charge is 0.255 e. The minimum Gasteiger partial charge on any atom is -0.339 e. The van der Waals surface area contributed by atoms with Crippen LogP contribution in [0.15, 0.2) is 12.1 Å². The minimum absolute atomic E-state index is 0.0986. The number of nitrogens with zero attached hydrogens (tertiary/aromatic N) is 2. The predicted molar refractivity (Wildman–Crippen MR) is 100 cm³/mol. The summed E-state index contributed by atoms with van der Waals surface area (Å²) < 4.78 is 0. The van der Waals surface area contributed by atoms with Crippen molar-refractivity contribution < 1.29 is 4.79 Å². The largest absolute Gasteiger partial charge is 0.339 e. The van der Waals surface area contributed by atoms with E-state index in [9.17, 15) is 4.79 Å². The van der Waals surface area contributed by atoms with E-state index in [1.165, 1.54) is 12.8 Å². The molecule has 0 spiro atoms. The molecule has 1 aromatic carbocycles. The molecular weight excluding hydrogens is 367 g/mol. The molecule has 24 heavy (non-hydrogen) atoms. The molecule has 3 nitrogen and oxygen atoms in total. The fraction of sp³-hybridized carbons (Fsp3) is 0.611. The zero-order valence-corrected chi connectivity index (χ0v) is 16.5. The van der Waals surface area contributed by atoms with Crippen LogP contribution in [-0.4, -0.2) is 48.9 Å². The second kappa shape index (κ2) is 7.03. The van der Waals surface area contributed by atoms with E-state index in [1.807, 2.05) is 11.9 Å². The molecular formula is C18H23Cl3N2O. The van der Waals surface area contributed by atoms with Gasteiger partial charge in [0.25, 0.3) is 5.91 Å². The van der Waals surface area contributed by atoms with Crippen LogP contribution in [0.3, 0.4) is 0 Å². The van der Waals surface area contributed by atoms with Crippen LogP contribution >= 0.6 is 34.8 Å². The van der Waals surface area contributed by atoms with Gasteiger partial charge in [-0.25, -0.2) is 0 Å². The van der Waals surface area contributed by atoms with Crippen LogP contribution in [0.2, 0.25) is 15.1 Å². The Morgan fingerprint density at radius 2 is 1.50 bits per heavy atom. The minimum atomic E-state index is -0.0986. The molecule has 2 saturated carbocycles. The molecule has 0 saturated heterocycles. The first-order valence-electron chi connectivity index (χ1n) is 8.36. The summed E-state index contributed by atoms with van der Waals surface area (Å²) in [6.07, 6.45) is 4.62. The Hall–Kier alpha value is -0.480. The summed E-state index contributed by atoms with van der Waals surface area (Å²) in [5.74, 6) is 1.34. The quantitative estimate of drug-likeness (QED) is 0.691. The van der Waals surface area contributed by atoms with Gasteiger partial charge in [-0.15, -0.1) is 0 Å². The van der Waals surface area contributed by atoms with E-state index < -0.39 is 0 Å². The fourth-order valence-electron chi connectivity index (χ4n) is 4.36. The monoisotopic (exact) mass is 388 g/mol. The molecule has 1 amide bonds. The highest BCUT2D eigenvalue weighted by Crippen LogP contribution is 2.46. The summed E-state index contributed by atoms with van der Waals surface area (Å²) in [5.41, 5.74) is 0.389. The maximum atomic E-state index is 12.9. The number of amides is 1. The van der Waals surface area contributed by atoms with Crippen molar-refractivity contribution in [2.45, 2.75) is 37.8 Å². The Morgan fingerprint density at radius 3 is 2.04 bits per heavy atom. The number of hydrogen-bond acceptors (Lipinski definition) is 2. The first-order valence-corrected chi connectivity index (χ1v) is 9.49. The number of halogens is 3. The van der Waals surface area contributed by atoms with Crippen molar-refractivity contribution >= 4 is 40.7 Å². The summed E-state index contributed by atoms with van der Waals surface area (Å²) >= 11 is 18.3. The van der Waals surface area contributed by atoms with Gasteiger partial charge in [-0.05, 0) is 63.7 Å². The molecule has 132 valence electrons. The Labute approximate surface area is 158 Å². The van der Waals surface area contributed by atoms with Gasteiger partial charge in [0.1, 0.15) is 0 Å². The van der Waals surface area contributed by atoms with Crippen LogP contribution in [0.25, 0.3) is 0 Å². The summed E-state index contributed by atoms with van der Waals surface area (Å²) in [7, 11) is 6.18. The number of benzene rings is 1. The van der Waals surface area contributed by atoms with Gasteiger partial charge in [-0.2, -0.15) is 0 Å². The molecule has 0 aromatic heterocycles. The van der Waals surface area contributed by atoms with Crippen LogP contribution in [0, 0.1) is 11.8 Å². The van der Waals surface area contributed by atoms with Crippen LogP contribution in [0.4, 0.5) is 0 Å². The lowest BCUT2D eigenvalue weighted by molar-refractivity contribution is 0.0726. The van der Waals surface area contributed by atoms with Gasteiger partial charge in [0.05, 0.1) is 15.6 Å². The van der Waals surface area contributed by atoms with Crippen molar-refractivity contribution in [3.05, 3.63) is 32.8 Å². The number of hydrogen-bond donors (Lipinski definition) is 0. The molecule has 0 N–H and O–H groups in total. The van der Waals surface area contributed by atoms with Crippen molar-refractivity contribution in [2.75, 3.05) is 21.1 Å². The van der Waals surface area contributed by atoms with E-state index in [-0.39, 0.29) is 17.0 Å². The summed E-state index contributed by atoms with van der Waals surface area (Å²) in [4.78, 5) is 17.0. The first-order chi connectivity index (χ1) is 11.3. The lowest BCUT2D eigenvalue weighted by atomic mass is 10.0.